The van der Waals surface area contributed by atoms with Gasteiger partial charge in [-0.3, -0.25) is 0 Å². The van der Waals surface area contributed by atoms with Crippen LogP contribution in [0.2, 0.25) is 0 Å². The predicted octanol–water partition coefficient (Wildman–Crippen LogP) is 6.72. The van der Waals surface area contributed by atoms with E-state index in [0.717, 1.165) is 67.2 Å². The van der Waals surface area contributed by atoms with Crippen molar-refractivity contribution in [3.05, 3.63) is 322 Å². The zero-order chi connectivity index (χ0) is 64.6. The van der Waals surface area contributed by atoms with Gasteiger partial charge >= 0.3 is 0 Å². The summed E-state index contributed by atoms with van der Waals surface area (Å²) in [6.07, 6.45) is 20.6. The van der Waals surface area contributed by atoms with Gasteiger partial charge in [0.05, 0.1) is 86.8 Å². The molecule has 0 fully saturated rings. The minimum atomic E-state index is -3.66. The fourth-order valence-corrected chi connectivity index (χ4v) is 16.9. The predicted molar refractivity (Wildman–Crippen MR) is 355 cm³/mol. The third kappa shape index (κ3) is 12.1. The van der Waals surface area contributed by atoms with Gasteiger partial charge in [-0.2, -0.15) is 18.3 Å². The molecule has 16 nitrogen and oxygen atoms in total. The summed E-state index contributed by atoms with van der Waals surface area (Å²) in [5, 5.41) is 1.49. The molecule has 6 bridgehead atoms. The average molecular weight is 1400 g/mol. The molecule has 10 aromatic rings. The molecule has 0 spiro atoms. The Bertz CT molecular complexity index is 5340. The van der Waals surface area contributed by atoms with E-state index < -0.39 is 39.3 Å². The maximum absolute atomic E-state index is 13.5. The second kappa shape index (κ2) is 25.0. The number of hydrogen-bond acceptors (Lipinski definition) is 10. The average Bonchev–Trinajstić information content (AvgIpc) is 1.55. The number of hydrogen-bond donors (Lipinski definition) is 0. The Morgan fingerprint density at radius 3 is 0.904 bits per heavy atom. The molecule has 10 heterocycles. The Labute approximate surface area is 571 Å². The van der Waals surface area contributed by atoms with E-state index in [1.807, 2.05) is 189 Å². The Morgan fingerprint density at radius 1 is 0.330 bits per heavy atom. The van der Waals surface area contributed by atoms with Crippen LogP contribution in [0.1, 0.15) is 56.4 Å². The SMILES string of the molecule is CS(=O)(=O)c1ccccc1C[n+]1ccccc1C1=C2C=CC(=N2)C(c2cccc[n+]2Cc2ccccc2S(C)(=O)=O)=c2ccc3n2Cn2c1ccc2C(c1cccc[n+]1Cc1ccccc1S(C)(=O)=O)=C1C=CC(=N1)C=3c1cccc[n+]1Cc1ccccc1S(C)(=O)=O.[Y]. The van der Waals surface area contributed by atoms with Crippen molar-refractivity contribution in [1.82, 2.24) is 9.13 Å². The van der Waals surface area contributed by atoms with E-state index in [9.17, 15) is 33.7 Å². The van der Waals surface area contributed by atoms with Crippen LogP contribution in [-0.4, -0.2) is 79.3 Å². The minimum absolute atomic E-state index is 0. The van der Waals surface area contributed by atoms with Crippen molar-refractivity contribution in [3.63, 3.8) is 0 Å². The number of allylic oxidation sites excluding steroid dienone is 4. The fourth-order valence-electron chi connectivity index (χ4n) is 13.2. The van der Waals surface area contributed by atoms with Gasteiger partial charge in [0.2, 0.25) is 22.8 Å². The Morgan fingerprint density at radius 2 is 0.606 bits per heavy atom. The maximum atomic E-state index is 13.5. The quantitative estimate of drug-likeness (QED) is 0.0955. The number of sulfone groups is 4. The van der Waals surface area contributed by atoms with Gasteiger partial charge in [-0.1, -0.05) is 72.8 Å². The van der Waals surface area contributed by atoms with Gasteiger partial charge < -0.3 is 9.13 Å². The normalized spacial score (nSPS) is 14.5. The number of nitrogens with zero attached hydrogens (tertiary/aromatic N) is 8. The molecule has 14 rings (SSSR count). The van der Waals surface area contributed by atoms with Crippen LogP contribution in [0, 0.1) is 0 Å². The summed E-state index contributed by atoms with van der Waals surface area (Å²) in [5.41, 5.74) is 12.1. The first kappa shape index (κ1) is 63.7. The maximum Gasteiger partial charge on any atom is 0.217 e. The minimum Gasteiger partial charge on any atom is -0.321 e. The summed E-state index contributed by atoms with van der Waals surface area (Å²) >= 11 is 0. The van der Waals surface area contributed by atoms with Crippen LogP contribution in [0.15, 0.2) is 284 Å². The molecule has 0 saturated heterocycles. The fraction of sp³-hybridized carbons (Fsp3) is 0.123. The van der Waals surface area contributed by atoms with Gasteiger partial charge in [-0.05, 0) is 97.1 Å². The van der Waals surface area contributed by atoms with Gasteiger partial charge in [0.15, 0.2) is 90.3 Å². The third-order valence-corrected chi connectivity index (χ3v) is 22.0. The van der Waals surface area contributed by atoms with Crippen molar-refractivity contribution >= 4 is 73.1 Å². The van der Waals surface area contributed by atoms with Crippen LogP contribution in [-0.2, 0) is 105 Å². The molecule has 94 heavy (non-hydrogen) atoms. The molecule has 465 valence electrons. The van der Waals surface area contributed by atoms with Gasteiger partial charge in [0.1, 0.15) is 6.67 Å². The molecule has 0 saturated carbocycles. The van der Waals surface area contributed by atoms with Crippen molar-refractivity contribution in [1.29, 1.82) is 0 Å². The zero-order valence-electron chi connectivity index (χ0n) is 51.7. The van der Waals surface area contributed by atoms with E-state index in [1.54, 1.807) is 48.5 Å². The molecule has 6 aromatic heterocycles. The molecule has 0 amide bonds. The molecule has 0 atom stereocenters. The van der Waals surface area contributed by atoms with Crippen molar-refractivity contribution < 1.29 is 84.6 Å². The largest absolute Gasteiger partial charge is 0.321 e. The molecule has 4 aliphatic rings. The number of aliphatic imine (C=N–C) groups is 2. The molecule has 4 aliphatic heterocycles. The van der Waals surface area contributed by atoms with Gasteiger partial charge in [-0.15, -0.1) is 0 Å². The van der Waals surface area contributed by atoms with Crippen LogP contribution >= 0.6 is 0 Å². The van der Waals surface area contributed by atoms with Crippen molar-refractivity contribution in [2.45, 2.75) is 52.4 Å². The Kier molecular flexibility index (Phi) is 17.0. The summed E-state index contributed by atoms with van der Waals surface area (Å²) < 4.78 is 121. The molecular weight excluding hydrogens is 1330 g/mol. The van der Waals surface area contributed by atoms with E-state index in [0.29, 0.717) is 45.1 Å². The van der Waals surface area contributed by atoms with E-state index in [2.05, 4.69) is 33.4 Å². The summed E-state index contributed by atoms with van der Waals surface area (Å²) in [7, 11) is -14.7. The molecule has 0 N–H and O–H groups in total. The van der Waals surface area contributed by atoms with Crippen molar-refractivity contribution in [2.75, 3.05) is 25.0 Å². The van der Waals surface area contributed by atoms with Crippen molar-refractivity contribution in [2.24, 2.45) is 9.98 Å². The first-order valence-electron chi connectivity index (χ1n) is 29.9. The van der Waals surface area contributed by atoms with Crippen LogP contribution < -0.4 is 29.0 Å². The Hall–Kier alpha value is -9.02. The standard InChI is InChI=1S/C73H62N8O8S4.Y/c1-90(82,83)66-29-9-5-21-50(66)45-76-41-17-13-25-58(76)70-54-33-34-55(74-54)71(59-26-14-18-42-77(59)46-51-22-6-10-30-67(51)91(2,84)85)64-39-40-65-73(61-28-16-20-44-79(61)48-53-24-8-12-32-69(53)93(4,88)89)57-36-35-56(75-57)72(63-38-37-62(70)80(63)49-81(64)65)60-27-15-19-43-78(60)47-52-23-7-11-31-68(52)92(3,86)87;/h5-44H,45-49H2,1-4H3;/q+4;. The van der Waals surface area contributed by atoms with E-state index in [-0.39, 0.29) is 85.1 Å². The van der Waals surface area contributed by atoms with E-state index in [4.69, 9.17) is 9.98 Å². The monoisotopic (exact) mass is 1400 g/mol. The zero-order valence-corrected chi connectivity index (χ0v) is 57.8. The molecule has 1 radical (unpaired) electrons. The van der Waals surface area contributed by atoms with E-state index >= 15 is 0 Å². The number of rotatable bonds is 16. The van der Waals surface area contributed by atoms with Gasteiger partial charge in [0, 0.05) is 129 Å². The van der Waals surface area contributed by atoms with Crippen LogP contribution in [0.3, 0.4) is 0 Å². The molecule has 4 aromatic carbocycles. The van der Waals surface area contributed by atoms with Crippen LogP contribution in [0.25, 0.3) is 22.3 Å². The molecule has 21 heteroatoms. The first-order chi connectivity index (χ1) is 44.7. The van der Waals surface area contributed by atoms with Gasteiger partial charge in [0.25, 0.3) is 0 Å². The number of pyridine rings is 4. The molecule has 0 aliphatic carbocycles. The smallest absolute Gasteiger partial charge is 0.217 e. The summed E-state index contributed by atoms with van der Waals surface area (Å²) in [6, 6.07) is 60.0. The second-order valence-electron chi connectivity index (χ2n) is 23.5. The summed E-state index contributed by atoms with van der Waals surface area (Å²) in [4.78, 5) is 12.2. The summed E-state index contributed by atoms with van der Waals surface area (Å²) in [6.45, 7) is 0.830. The topological polar surface area (TPSA) is 187 Å². The number of benzene rings is 4. The van der Waals surface area contributed by atoms with Gasteiger partial charge in [-0.25, -0.2) is 43.7 Å². The second-order valence-corrected chi connectivity index (χ2v) is 31.4. The first-order valence-corrected chi connectivity index (χ1v) is 37.5. The van der Waals surface area contributed by atoms with Crippen molar-refractivity contribution in [3.8, 4) is 0 Å². The molecular formula is C73H62N8O8S4Y+4. The van der Waals surface area contributed by atoms with Crippen LogP contribution in [0.5, 0.6) is 0 Å². The number of fused-ring (bicyclic) bond motifs is 2. The molecule has 0 unspecified atom stereocenters. The van der Waals surface area contributed by atoms with E-state index in [1.165, 1.54) is 25.0 Å². The third-order valence-electron chi connectivity index (χ3n) is 17.2. The Balaban J connectivity index is 0.00000803. The number of aromatic nitrogens is 6. The van der Waals surface area contributed by atoms with Crippen LogP contribution in [0.4, 0.5) is 0 Å². The summed E-state index contributed by atoms with van der Waals surface area (Å²) in [5.74, 6) is 0.